The van der Waals surface area contributed by atoms with Gasteiger partial charge in [-0.05, 0) is 38.0 Å². The molecule has 1 N–H and O–H groups in total. The number of ketones is 1. The van der Waals surface area contributed by atoms with Crippen LogP contribution in [0.25, 0.3) is 0 Å². The van der Waals surface area contributed by atoms with Gasteiger partial charge in [-0.3, -0.25) is 4.79 Å². The molecule has 0 unspecified atom stereocenters. The highest BCUT2D eigenvalue weighted by atomic mass is 32.2. The highest BCUT2D eigenvalue weighted by molar-refractivity contribution is 7.89. The number of hydrogen-bond acceptors (Lipinski definition) is 3. The number of benzene rings is 1. The first kappa shape index (κ1) is 12.2. The van der Waals surface area contributed by atoms with Crippen molar-refractivity contribution < 1.29 is 17.6 Å². The van der Waals surface area contributed by atoms with Crippen LogP contribution in [0, 0.1) is 5.82 Å². The third kappa shape index (κ3) is 2.70. The minimum Gasteiger partial charge on any atom is -0.295 e. The smallest absolute Gasteiger partial charge is 0.243 e. The fourth-order valence-electron chi connectivity index (χ4n) is 1.41. The van der Waals surface area contributed by atoms with Crippen LogP contribution < -0.4 is 4.72 Å². The molecule has 17 heavy (non-hydrogen) atoms. The van der Waals surface area contributed by atoms with Crippen molar-refractivity contribution in [3.63, 3.8) is 0 Å². The summed E-state index contributed by atoms with van der Waals surface area (Å²) in [6, 6.07) is 3.24. The number of carbonyl (C=O) groups excluding carboxylic acids is 1. The molecule has 1 aromatic carbocycles. The van der Waals surface area contributed by atoms with Gasteiger partial charge < -0.3 is 0 Å². The van der Waals surface area contributed by atoms with Crippen molar-refractivity contribution in [2.45, 2.75) is 30.7 Å². The molecule has 0 heterocycles. The van der Waals surface area contributed by atoms with E-state index in [0.717, 1.165) is 25.0 Å². The van der Waals surface area contributed by atoms with Crippen LogP contribution in [0.1, 0.15) is 30.1 Å². The topological polar surface area (TPSA) is 63.2 Å². The Kier molecular flexibility index (Phi) is 3.01. The molecule has 0 aliphatic heterocycles. The summed E-state index contributed by atoms with van der Waals surface area (Å²) in [6.45, 7) is 1.30. The predicted molar refractivity (Wildman–Crippen MR) is 59.7 cm³/mol. The Balaban J connectivity index is 2.42. The number of halogens is 1. The second kappa shape index (κ2) is 4.19. The first-order valence-electron chi connectivity index (χ1n) is 5.23. The zero-order valence-corrected chi connectivity index (χ0v) is 10.1. The minimum absolute atomic E-state index is 0.0969. The van der Waals surface area contributed by atoms with E-state index in [1.807, 2.05) is 0 Å². The summed E-state index contributed by atoms with van der Waals surface area (Å²) in [5.74, 6) is -1.14. The number of carbonyl (C=O) groups is 1. The number of nitrogens with one attached hydrogen (secondary N) is 1. The quantitative estimate of drug-likeness (QED) is 0.831. The zero-order valence-electron chi connectivity index (χ0n) is 9.23. The summed E-state index contributed by atoms with van der Waals surface area (Å²) in [5.41, 5.74) is 0.183. The maximum Gasteiger partial charge on any atom is 0.243 e. The Labute approximate surface area is 98.9 Å². The van der Waals surface area contributed by atoms with Crippen LogP contribution >= 0.6 is 0 Å². The molecule has 0 aromatic heterocycles. The average molecular weight is 257 g/mol. The summed E-state index contributed by atoms with van der Waals surface area (Å²) in [7, 11) is -3.86. The molecule has 6 heteroatoms. The fourth-order valence-corrected chi connectivity index (χ4v) is 2.82. The largest absolute Gasteiger partial charge is 0.295 e. The molecule has 1 fully saturated rings. The molecule has 0 saturated heterocycles. The molecule has 1 aliphatic carbocycles. The van der Waals surface area contributed by atoms with Crippen molar-refractivity contribution in [2.24, 2.45) is 0 Å². The van der Waals surface area contributed by atoms with Gasteiger partial charge in [0, 0.05) is 11.6 Å². The Morgan fingerprint density at radius 2 is 2.06 bits per heavy atom. The van der Waals surface area contributed by atoms with E-state index >= 15 is 0 Å². The molecule has 1 aliphatic rings. The van der Waals surface area contributed by atoms with E-state index in [2.05, 4.69) is 4.72 Å². The average Bonchev–Trinajstić information content (AvgIpc) is 3.00. The molecule has 0 bridgehead atoms. The van der Waals surface area contributed by atoms with Gasteiger partial charge in [-0.15, -0.1) is 0 Å². The Morgan fingerprint density at radius 1 is 1.41 bits per heavy atom. The van der Waals surface area contributed by atoms with E-state index in [1.54, 1.807) is 0 Å². The van der Waals surface area contributed by atoms with E-state index in [9.17, 15) is 17.6 Å². The lowest BCUT2D eigenvalue weighted by atomic mass is 10.1. The zero-order chi connectivity index (χ0) is 12.6. The van der Waals surface area contributed by atoms with Crippen molar-refractivity contribution in [3.05, 3.63) is 29.6 Å². The van der Waals surface area contributed by atoms with E-state index < -0.39 is 20.7 Å². The Morgan fingerprint density at radius 3 is 2.59 bits per heavy atom. The van der Waals surface area contributed by atoms with Gasteiger partial charge >= 0.3 is 0 Å². The van der Waals surface area contributed by atoms with Gasteiger partial charge in [0.2, 0.25) is 10.0 Å². The highest BCUT2D eigenvalue weighted by Gasteiger charge is 2.29. The van der Waals surface area contributed by atoms with Gasteiger partial charge in [-0.1, -0.05) is 0 Å². The monoisotopic (exact) mass is 257 g/mol. The third-order valence-electron chi connectivity index (χ3n) is 2.53. The Bertz CT molecular complexity index is 564. The predicted octanol–water partition coefficient (Wildman–Crippen LogP) is 1.47. The lowest BCUT2D eigenvalue weighted by molar-refractivity contribution is 0.101. The molecular weight excluding hydrogens is 245 g/mol. The van der Waals surface area contributed by atoms with Crippen molar-refractivity contribution in [1.29, 1.82) is 0 Å². The van der Waals surface area contributed by atoms with Gasteiger partial charge in [0.25, 0.3) is 0 Å². The molecule has 0 radical (unpaired) electrons. The lowest BCUT2D eigenvalue weighted by Gasteiger charge is -2.07. The first-order chi connectivity index (χ1) is 7.90. The van der Waals surface area contributed by atoms with Gasteiger partial charge in [0.1, 0.15) is 10.7 Å². The van der Waals surface area contributed by atoms with Crippen LogP contribution in [0.3, 0.4) is 0 Å². The van der Waals surface area contributed by atoms with Crippen LogP contribution in [0.5, 0.6) is 0 Å². The highest BCUT2D eigenvalue weighted by Crippen LogP contribution is 2.24. The first-order valence-corrected chi connectivity index (χ1v) is 6.71. The second-order valence-corrected chi connectivity index (χ2v) is 5.78. The summed E-state index contributed by atoms with van der Waals surface area (Å²) >= 11 is 0. The van der Waals surface area contributed by atoms with Gasteiger partial charge in [0.05, 0.1) is 0 Å². The van der Waals surface area contributed by atoms with Crippen LogP contribution in [-0.4, -0.2) is 20.2 Å². The molecule has 1 saturated carbocycles. The van der Waals surface area contributed by atoms with Crippen LogP contribution in [-0.2, 0) is 10.0 Å². The number of hydrogen-bond donors (Lipinski definition) is 1. The van der Waals surface area contributed by atoms with E-state index in [1.165, 1.54) is 13.0 Å². The molecule has 2 rings (SSSR count). The molecule has 0 atom stereocenters. The lowest BCUT2D eigenvalue weighted by Crippen LogP contribution is -2.26. The molecule has 92 valence electrons. The Hall–Kier alpha value is -1.27. The number of sulfonamides is 1. The van der Waals surface area contributed by atoms with Crippen molar-refractivity contribution in [3.8, 4) is 0 Å². The molecular formula is C11H12FNO3S. The second-order valence-electron chi connectivity index (χ2n) is 4.10. The van der Waals surface area contributed by atoms with Gasteiger partial charge in [-0.2, -0.15) is 0 Å². The van der Waals surface area contributed by atoms with Crippen molar-refractivity contribution in [1.82, 2.24) is 4.72 Å². The van der Waals surface area contributed by atoms with E-state index in [4.69, 9.17) is 0 Å². The maximum absolute atomic E-state index is 13.5. The molecule has 0 amide bonds. The summed E-state index contributed by atoms with van der Waals surface area (Å²) < 4.78 is 39.5. The maximum atomic E-state index is 13.5. The fraction of sp³-hybridized carbons (Fsp3) is 0.364. The minimum atomic E-state index is -3.86. The van der Waals surface area contributed by atoms with Crippen LogP contribution in [0.4, 0.5) is 4.39 Å². The summed E-state index contributed by atoms with van der Waals surface area (Å²) in [4.78, 5) is 10.7. The van der Waals surface area contributed by atoms with E-state index in [-0.39, 0.29) is 17.4 Å². The van der Waals surface area contributed by atoms with Crippen LogP contribution in [0.2, 0.25) is 0 Å². The standard InChI is InChI=1S/C11H12FNO3S/c1-7(14)8-2-5-10(12)11(6-8)17(15,16)13-9-3-4-9/h2,5-6,9,13H,3-4H2,1H3. The van der Waals surface area contributed by atoms with Crippen molar-refractivity contribution in [2.75, 3.05) is 0 Å². The third-order valence-corrected chi connectivity index (χ3v) is 4.06. The SMILES string of the molecule is CC(=O)c1ccc(F)c(S(=O)(=O)NC2CC2)c1. The summed E-state index contributed by atoms with van der Waals surface area (Å²) in [5, 5.41) is 0. The van der Waals surface area contributed by atoms with Gasteiger partial charge in [0.15, 0.2) is 5.78 Å². The van der Waals surface area contributed by atoms with Gasteiger partial charge in [-0.25, -0.2) is 17.5 Å². The number of Topliss-reactive ketones (excluding diaryl/α,β-unsaturated/α-hetero) is 1. The number of rotatable bonds is 4. The normalized spacial score (nSPS) is 15.9. The summed E-state index contributed by atoms with van der Waals surface area (Å²) in [6.07, 6.45) is 1.54. The van der Waals surface area contributed by atoms with Crippen LogP contribution in [0.15, 0.2) is 23.1 Å². The molecule has 1 aromatic rings. The van der Waals surface area contributed by atoms with E-state index in [0.29, 0.717) is 0 Å². The molecule has 0 spiro atoms. The van der Waals surface area contributed by atoms with Crippen molar-refractivity contribution >= 4 is 15.8 Å². The molecule has 4 nitrogen and oxygen atoms in total.